The molecule has 18 heavy (non-hydrogen) atoms. The molecule has 1 aliphatic carbocycles. The smallest absolute Gasteiger partial charge is 0.324 e. The number of likely N-dealkylation sites (N-methyl/N-ethyl adjacent to an activating group) is 1. The van der Waals surface area contributed by atoms with Crippen molar-refractivity contribution in [1.29, 1.82) is 0 Å². The van der Waals surface area contributed by atoms with Crippen LogP contribution in [-0.4, -0.2) is 29.4 Å². The summed E-state index contributed by atoms with van der Waals surface area (Å²) in [4.78, 5) is 11.5. The van der Waals surface area contributed by atoms with Gasteiger partial charge in [0.2, 0.25) is 0 Å². The Morgan fingerprint density at radius 2 is 2.56 bits per heavy atom. The Labute approximate surface area is 116 Å². The number of rotatable bonds is 6. The summed E-state index contributed by atoms with van der Waals surface area (Å²) >= 11 is 3.58. The van der Waals surface area contributed by atoms with E-state index in [1.165, 1.54) is 4.21 Å². The highest BCUT2D eigenvalue weighted by atomic mass is 32.2. The van der Waals surface area contributed by atoms with Gasteiger partial charge < -0.3 is 10.4 Å². The average Bonchev–Trinajstić information content (AvgIpc) is 2.98. The molecular formula is C13H19NO2S2. The maximum atomic E-state index is 11.5. The van der Waals surface area contributed by atoms with Crippen molar-refractivity contribution in [3.05, 3.63) is 17.5 Å². The van der Waals surface area contributed by atoms with Crippen LogP contribution >= 0.6 is 23.1 Å². The minimum Gasteiger partial charge on any atom is -0.480 e. The molecule has 0 spiro atoms. The molecule has 100 valence electrons. The Kier molecular flexibility index (Phi) is 4.70. The maximum Gasteiger partial charge on any atom is 0.324 e. The normalized spacial score (nSPS) is 27.5. The van der Waals surface area contributed by atoms with Crippen LogP contribution in [0.2, 0.25) is 0 Å². The van der Waals surface area contributed by atoms with E-state index in [-0.39, 0.29) is 5.92 Å². The highest BCUT2D eigenvalue weighted by molar-refractivity contribution is 8.01. The van der Waals surface area contributed by atoms with Crippen LogP contribution in [0.1, 0.15) is 25.7 Å². The van der Waals surface area contributed by atoms with Crippen LogP contribution in [0.3, 0.4) is 0 Å². The predicted molar refractivity (Wildman–Crippen MR) is 76.4 cm³/mol. The van der Waals surface area contributed by atoms with Crippen molar-refractivity contribution in [2.75, 3.05) is 12.8 Å². The lowest BCUT2D eigenvalue weighted by Crippen LogP contribution is -2.53. The third kappa shape index (κ3) is 2.73. The molecule has 2 atom stereocenters. The van der Waals surface area contributed by atoms with Gasteiger partial charge >= 0.3 is 5.97 Å². The lowest BCUT2D eigenvalue weighted by molar-refractivity contribution is -0.146. The Hall–Kier alpha value is -0.520. The lowest BCUT2D eigenvalue weighted by Gasteiger charge is -2.30. The molecule has 1 saturated carbocycles. The molecule has 3 nitrogen and oxygen atoms in total. The molecule has 1 heterocycles. The number of hydrogen-bond donors (Lipinski definition) is 2. The Bertz CT molecular complexity index is 394. The van der Waals surface area contributed by atoms with E-state index in [2.05, 4.69) is 22.8 Å². The van der Waals surface area contributed by atoms with E-state index in [0.717, 1.165) is 31.4 Å². The first-order chi connectivity index (χ1) is 8.69. The van der Waals surface area contributed by atoms with E-state index in [1.54, 1.807) is 18.4 Å². The van der Waals surface area contributed by atoms with Crippen LogP contribution < -0.4 is 5.32 Å². The van der Waals surface area contributed by atoms with Gasteiger partial charge in [-0.05, 0) is 49.4 Å². The second-order valence-electron chi connectivity index (χ2n) is 4.68. The zero-order valence-electron chi connectivity index (χ0n) is 10.5. The Morgan fingerprint density at radius 3 is 3.17 bits per heavy atom. The second-order valence-corrected chi connectivity index (χ2v) is 7.03. The van der Waals surface area contributed by atoms with E-state index in [4.69, 9.17) is 0 Å². The quantitative estimate of drug-likeness (QED) is 0.789. The molecule has 2 unspecified atom stereocenters. The van der Waals surface area contributed by atoms with Crippen molar-refractivity contribution < 1.29 is 9.90 Å². The first-order valence-corrected chi connectivity index (χ1v) is 8.14. The SMILES string of the molecule is CNC1(C(=O)O)CCCC1CCSc1cccs1. The fourth-order valence-corrected chi connectivity index (χ4v) is 4.75. The van der Waals surface area contributed by atoms with Gasteiger partial charge in [-0.2, -0.15) is 0 Å². The Balaban J connectivity index is 1.89. The van der Waals surface area contributed by atoms with Crippen LogP contribution in [0.4, 0.5) is 0 Å². The van der Waals surface area contributed by atoms with Gasteiger partial charge in [0.15, 0.2) is 0 Å². The molecule has 0 amide bonds. The van der Waals surface area contributed by atoms with Crippen molar-refractivity contribution in [1.82, 2.24) is 5.32 Å². The van der Waals surface area contributed by atoms with Crippen molar-refractivity contribution in [2.24, 2.45) is 5.92 Å². The minimum atomic E-state index is -0.686. The fraction of sp³-hybridized carbons (Fsp3) is 0.615. The molecule has 5 heteroatoms. The molecule has 0 saturated heterocycles. The molecule has 1 aliphatic rings. The summed E-state index contributed by atoms with van der Waals surface area (Å²) in [5, 5.41) is 14.6. The molecule has 0 aromatic carbocycles. The number of thioether (sulfide) groups is 1. The molecule has 2 rings (SSSR count). The van der Waals surface area contributed by atoms with Gasteiger partial charge in [0.1, 0.15) is 5.54 Å². The van der Waals surface area contributed by atoms with Crippen molar-refractivity contribution in [3.8, 4) is 0 Å². The fourth-order valence-electron chi connectivity index (χ4n) is 2.83. The van der Waals surface area contributed by atoms with Gasteiger partial charge in [-0.3, -0.25) is 4.79 Å². The number of hydrogen-bond acceptors (Lipinski definition) is 4. The van der Waals surface area contributed by atoms with Gasteiger partial charge in [0.05, 0.1) is 4.21 Å². The number of carbonyl (C=O) groups is 1. The predicted octanol–water partition coefficient (Wildman–Crippen LogP) is 3.07. The summed E-state index contributed by atoms with van der Waals surface area (Å²) in [6.07, 6.45) is 3.77. The number of carboxylic acid groups (broad SMARTS) is 1. The summed E-state index contributed by atoms with van der Waals surface area (Å²) in [5.74, 6) is 0.572. The van der Waals surface area contributed by atoms with Crippen LogP contribution in [0.25, 0.3) is 0 Å². The summed E-state index contributed by atoms with van der Waals surface area (Å²) < 4.78 is 1.32. The van der Waals surface area contributed by atoms with Crippen molar-refractivity contribution >= 4 is 29.1 Å². The topological polar surface area (TPSA) is 49.3 Å². The summed E-state index contributed by atoms with van der Waals surface area (Å²) in [5.41, 5.74) is -0.685. The van der Waals surface area contributed by atoms with Crippen LogP contribution in [-0.2, 0) is 4.79 Å². The molecule has 0 radical (unpaired) electrons. The number of carboxylic acids is 1. The number of thiophene rings is 1. The maximum absolute atomic E-state index is 11.5. The van der Waals surface area contributed by atoms with Gasteiger partial charge in [0, 0.05) is 0 Å². The van der Waals surface area contributed by atoms with Gasteiger partial charge in [0.25, 0.3) is 0 Å². The van der Waals surface area contributed by atoms with Crippen LogP contribution in [0.5, 0.6) is 0 Å². The molecule has 1 fully saturated rings. The molecule has 1 aromatic heterocycles. The summed E-state index contributed by atoms with van der Waals surface area (Å²) in [6.45, 7) is 0. The number of aliphatic carboxylic acids is 1. The molecule has 0 bridgehead atoms. The van der Waals surface area contributed by atoms with E-state index >= 15 is 0 Å². The lowest BCUT2D eigenvalue weighted by atomic mass is 9.85. The van der Waals surface area contributed by atoms with Crippen LogP contribution in [0.15, 0.2) is 21.7 Å². The zero-order valence-corrected chi connectivity index (χ0v) is 12.1. The summed E-state index contributed by atoms with van der Waals surface area (Å²) in [6, 6.07) is 4.17. The van der Waals surface area contributed by atoms with Gasteiger partial charge in [-0.1, -0.05) is 12.5 Å². The first-order valence-electron chi connectivity index (χ1n) is 6.27. The second kappa shape index (κ2) is 6.08. The zero-order chi connectivity index (χ0) is 13.0. The minimum absolute atomic E-state index is 0.257. The van der Waals surface area contributed by atoms with E-state index in [0.29, 0.717) is 0 Å². The summed E-state index contributed by atoms with van der Waals surface area (Å²) in [7, 11) is 1.78. The average molecular weight is 285 g/mol. The largest absolute Gasteiger partial charge is 0.480 e. The van der Waals surface area contributed by atoms with Gasteiger partial charge in [-0.15, -0.1) is 23.1 Å². The molecule has 1 aromatic rings. The highest BCUT2D eigenvalue weighted by Gasteiger charge is 2.47. The molecule has 0 aliphatic heterocycles. The van der Waals surface area contributed by atoms with Crippen LogP contribution in [0, 0.1) is 5.92 Å². The monoisotopic (exact) mass is 285 g/mol. The third-order valence-electron chi connectivity index (χ3n) is 3.85. The molecule has 2 N–H and O–H groups in total. The first kappa shape index (κ1) is 13.9. The Morgan fingerprint density at radius 1 is 1.72 bits per heavy atom. The van der Waals surface area contributed by atoms with E-state index < -0.39 is 11.5 Å². The van der Waals surface area contributed by atoms with Crippen molar-refractivity contribution in [3.63, 3.8) is 0 Å². The molecular weight excluding hydrogens is 266 g/mol. The van der Waals surface area contributed by atoms with Crippen molar-refractivity contribution in [2.45, 2.75) is 35.4 Å². The standard InChI is InChI=1S/C13H19NO2S2/c1-14-13(12(15)16)7-2-4-10(13)6-9-18-11-5-3-8-17-11/h3,5,8,10,14H,2,4,6-7,9H2,1H3,(H,15,16). The number of nitrogens with one attached hydrogen (secondary N) is 1. The van der Waals surface area contributed by atoms with E-state index in [1.807, 2.05) is 11.8 Å². The third-order valence-corrected chi connectivity index (χ3v) is 6.02. The highest BCUT2D eigenvalue weighted by Crippen LogP contribution is 2.39. The van der Waals surface area contributed by atoms with E-state index in [9.17, 15) is 9.90 Å². The van der Waals surface area contributed by atoms with Gasteiger partial charge in [-0.25, -0.2) is 0 Å².